The van der Waals surface area contributed by atoms with E-state index in [4.69, 9.17) is 0 Å². The second-order valence-electron chi connectivity index (χ2n) is 4.59. The van der Waals surface area contributed by atoms with Gasteiger partial charge in [0, 0.05) is 37.5 Å². The molecule has 8 nitrogen and oxygen atoms in total. The van der Waals surface area contributed by atoms with Crippen molar-refractivity contribution in [3.63, 3.8) is 0 Å². The van der Waals surface area contributed by atoms with Crippen LogP contribution in [0.25, 0.3) is 0 Å². The minimum Gasteiger partial charge on any atom is -0.385 e. The van der Waals surface area contributed by atoms with Crippen molar-refractivity contribution in [1.82, 2.24) is 10.2 Å². The van der Waals surface area contributed by atoms with Crippen LogP contribution in [0.5, 0.6) is 0 Å². The van der Waals surface area contributed by atoms with Crippen LogP contribution in [-0.4, -0.2) is 47.8 Å². The summed E-state index contributed by atoms with van der Waals surface area (Å²) in [6.45, 7) is 3.19. The maximum Gasteiger partial charge on any atom is 0.270 e. The molecule has 1 saturated heterocycles. The lowest BCUT2D eigenvalue weighted by Crippen LogP contribution is -2.50. The number of amides is 2. The minimum atomic E-state index is -0.546. The predicted molar refractivity (Wildman–Crippen MR) is 76.2 cm³/mol. The van der Waals surface area contributed by atoms with Gasteiger partial charge in [0.2, 0.25) is 5.91 Å². The highest BCUT2D eigenvalue weighted by atomic mass is 16.6. The van der Waals surface area contributed by atoms with Crippen LogP contribution < -0.4 is 10.6 Å². The Balaban J connectivity index is 2.34. The van der Waals surface area contributed by atoms with Gasteiger partial charge in [0.25, 0.3) is 11.6 Å². The van der Waals surface area contributed by atoms with Crippen molar-refractivity contribution in [2.75, 3.05) is 31.5 Å². The molecule has 0 aromatic heterocycles. The van der Waals surface area contributed by atoms with Gasteiger partial charge in [0.05, 0.1) is 17.0 Å². The number of anilines is 1. The standard InChI is InChI=1S/C13H16N4O4/c1-2-14-11-4-3-9(17(20)21)7-10(11)13(19)16-6-5-15-12(18)8-16/h3-4,7,14H,2,5-6,8H2,1H3,(H,15,18). The molecular weight excluding hydrogens is 276 g/mol. The Morgan fingerprint density at radius 2 is 2.29 bits per heavy atom. The number of benzene rings is 1. The minimum absolute atomic E-state index is 0.0346. The van der Waals surface area contributed by atoms with E-state index in [1.807, 2.05) is 6.92 Å². The zero-order valence-corrected chi connectivity index (χ0v) is 11.6. The van der Waals surface area contributed by atoms with E-state index in [0.717, 1.165) is 0 Å². The highest BCUT2D eigenvalue weighted by Gasteiger charge is 2.25. The van der Waals surface area contributed by atoms with Crippen LogP contribution in [0.3, 0.4) is 0 Å². The lowest BCUT2D eigenvalue weighted by atomic mass is 10.1. The van der Waals surface area contributed by atoms with Crippen LogP contribution in [-0.2, 0) is 4.79 Å². The molecule has 1 aliphatic rings. The number of carbonyl (C=O) groups is 2. The summed E-state index contributed by atoms with van der Waals surface area (Å²) >= 11 is 0. The summed E-state index contributed by atoms with van der Waals surface area (Å²) in [5.41, 5.74) is 0.585. The molecule has 2 rings (SSSR count). The summed E-state index contributed by atoms with van der Waals surface area (Å²) in [5, 5.41) is 16.5. The molecule has 8 heteroatoms. The van der Waals surface area contributed by atoms with Crippen molar-refractivity contribution in [1.29, 1.82) is 0 Å². The third-order valence-electron chi connectivity index (χ3n) is 3.14. The fourth-order valence-corrected chi connectivity index (χ4v) is 2.15. The third kappa shape index (κ3) is 3.28. The molecule has 0 atom stereocenters. The van der Waals surface area contributed by atoms with Gasteiger partial charge >= 0.3 is 0 Å². The Labute approximate surface area is 121 Å². The summed E-state index contributed by atoms with van der Waals surface area (Å²) in [7, 11) is 0. The molecule has 112 valence electrons. The van der Waals surface area contributed by atoms with E-state index >= 15 is 0 Å². The number of rotatable bonds is 4. The van der Waals surface area contributed by atoms with Crippen molar-refractivity contribution < 1.29 is 14.5 Å². The highest BCUT2D eigenvalue weighted by molar-refractivity contribution is 6.02. The number of nitro groups is 1. The number of nitro benzene ring substituents is 1. The summed E-state index contributed by atoms with van der Waals surface area (Å²) in [6, 6.07) is 4.10. The number of non-ortho nitro benzene ring substituents is 1. The molecule has 0 radical (unpaired) electrons. The Morgan fingerprint density at radius 1 is 1.52 bits per heavy atom. The molecule has 0 saturated carbocycles. The molecule has 2 amide bonds. The Kier molecular flexibility index (Phi) is 4.36. The maximum absolute atomic E-state index is 12.5. The molecule has 2 N–H and O–H groups in total. The first-order chi connectivity index (χ1) is 10.0. The van der Waals surface area contributed by atoms with Crippen LogP contribution in [0.1, 0.15) is 17.3 Å². The van der Waals surface area contributed by atoms with Crippen molar-refractivity contribution >= 4 is 23.2 Å². The second kappa shape index (κ2) is 6.21. The van der Waals surface area contributed by atoms with Gasteiger partial charge in [-0.05, 0) is 13.0 Å². The molecule has 1 aromatic carbocycles. The fourth-order valence-electron chi connectivity index (χ4n) is 2.15. The third-order valence-corrected chi connectivity index (χ3v) is 3.14. The number of nitrogens with one attached hydrogen (secondary N) is 2. The number of piperazine rings is 1. The topological polar surface area (TPSA) is 105 Å². The smallest absolute Gasteiger partial charge is 0.270 e. The molecule has 0 unspecified atom stereocenters. The zero-order valence-electron chi connectivity index (χ0n) is 11.6. The maximum atomic E-state index is 12.5. The van der Waals surface area contributed by atoms with E-state index < -0.39 is 4.92 Å². The van der Waals surface area contributed by atoms with Crippen molar-refractivity contribution in [3.05, 3.63) is 33.9 Å². The van der Waals surface area contributed by atoms with Crippen LogP contribution in [0, 0.1) is 10.1 Å². The van der Waals surface area contributed by atoms with Crippen LogP contribution in [0.4, 0.5) is 11.4 Å². The SMILES string of the molecule is CCNc1ccc([N+](=O)[O-])cc1C(=O)N1CCNC(=O)C1. The van der Waals surface area contributed by atoms with E-state index in [1.165, 1.54) is 23.1 Å². The van der Waals surface area contributed by atoms with Crippen molar-refractivity contribution in [3.8, 4) is 0 Å². The first kappa shape index (κ1) is 14.8. The van der Waals surface area contributed by atoms with E-state index in [1.54, 1.807) is 0 Å². The lowest BCUT2D eigenvalue weighted by molar-refractivity contribution is -0.384. The molecule has 0 spiro atoms. The monoisotopic (exact) mass is 292 g/mol. The average Bonchev–Trinajstić information content (AvgIpc) is 2.47. The molecule has 1 fully saturated rings. The summed E-state index contributed by atoms with van der Waals surface area (Å²) in [4.78, 5) is 35.6. The van der Waals surface area contributed by atoms with Gasteiger partial charge in [-0.15, -0.1) is 0 Å². The Bertz CT molecular complexity index is 588. The van der Waals surface area contributed by atoms with Gasteiger partial charge in [-0.1, -0.05) is 0 Å². The first-order valence-electron chi connectivity index (χ1n) is 6.61. The van der Waals surface area contributed by atoms with Gasteiger partial charge < -0.3 is 15.5 Å². The summed E-state index contributed by atoms with van der Waals surface area (Å²) < 4.78 is 0. The van der Waals surface area contributed by atoms with Gasteiger partial charge in [0.1, 0.15) is 0 Å². The fraction of sp³-hybridized carbons (Fsp3) is 0.385. The molecule has 0 aliphatic carbocycles. The van der Waals surface area contributed by atoms with E-state index in [2.05, 4.69) is 10.6 Å². The number of hydrogen-bond donors (Lipinski definition) is 2. The molecule has 1 aliphatic heterocycles. The number of hydrogen-bond acceptors (Lipinski definition) is 5. The van der Waals surface area contributed by atoms with Gasteiger partial charge in [0.15, 0.2) is 0 Å². The molecule has 1 aromatic rings. The first-order valence-corrected chi connectivity index (χ1v) is 6.61. The average molecular weight is 292 g/mol. The van der Waals surface area contributed by atoms with Gasteiger partial charge in [-0.3, -0.25) is 19.7 Å². The quantitative estimate of drug-likeness (QED) is 0.624. The van der Waals surface area contributed by atoms with E-state index in [9.17, 15) is 19.7 Å². The molecule has 21 heavy (non-hydrogen) atoms. The van der Waals surface area contributed by atoms with Crippen molar-refractivity contribution in [2.24, 2.45) is 0 Å². The number of carbonyl (C=O) groups excluding carboxylic acids is 2. The van der Waals surface area contributed by atoms with Crippen LogP contribution in [0.2, 0.25) is 0 Å². The van der Waals surface area contributed by atoms with E-state index in [-0.39, 0.29) is 29.6 Å². The molecular formula is C13H16N4O4. The lowest BCUT2D eigenvalue weighted by Gasteiger charge is -2.27. The number of nitrogens with zero attached hydrogens (tertiary/aromatic N) is 2. The van der Waals surface area contributed by atoms with Gasteiger partial charge in [-0.2, -0.15) is 0 Å². The normalized spacial score (nSPS) is 14.5. The Hall–Kier alpha value is -2.64. The molecule has 1 heterocycles. The largest absolute Gasteiger partial charge is 0.385 e. The van der Waals surface area contributed by atoms with Crippen molar-refractivity contribution in [2.45, 2.75) is 6.92 Å². The summed E-state index contributed by atoms with van der Waals surface area (Å²) in [6.07, 6.45) is 0. The predicted octanol–water partition coefficient (Wildman–Crippen LogP) is 0.599. The highest BCUT2D eigenvalue weighted by Crippen LogP contribution is 2.23. The zero-order chi connectivity index (χ0) is 15.4. The Morgan fingerprint density at radius 3 is 2.90 bits per heavy atom. The summed E-state index contributed by atoms with van der Waals surface area (Å²) in [5.74, 6) is -0.616. The second-order valence-corrected chi connectivity index (χ2v) is 4.59. The van der Waals surface area contributed by atoms with Crippen LogP contribution >= 0.6 is 0 Å². The van der Waals surface area contributed by atoms with E-state index in [0.29, 0.717) is 25.3 Å². The van der Waals surface area contributed by atoms with Crippen LogP contribution in [0.15, 0.2) is 18.2 Å². The molecule has 0 bridgehead atoms. The van der Waals surface area contributed by atoms with Gasteiger partial charge in [-0.25, -0.2) is 0 Å².